The molecule has 0 fully saturated rings. The third kappa shape index (κ3) is 4.28. The number of sulfonamides is 1. The van der Waals surface area contributed by atoms with E-state index in [2.05, 4.69) is 28.9 Å². The summed E-state index contributed by atoms with van der Waals surface area (Å²) in [6.45, 7) is 13.5. The lowest BCUT2D eigenvalue weighted by molar-refractivity contribution is 0.285. The summed E-state index contributed by atoms with van der Waals surface area (Å²) in [7, 11) is -3.46. The molecule has 7 heteroatoms. The summed E-state index contributed by atoms with van der Waals surface area (Å²) in [6, 6.07) is 0. The van der Waals surface area contributed by atoms with E-state index >= 15 is 0 Å². The number of H-pyrrole nitrogens is 1. The summed E-state index contributed by atoms with van der Waals surface area (Å²) >= 11 is 0. The van der Waals surface area contributed by atoms with Gasteiger partial charge in [-0.25, -0.2) is 8.42 Å². The lowest BCUT2D eigenvalue weighted by Gasteiger charge is -2.23. The molecular formula is C14H28N4O2S. The Morgan fingerprint density at radius 1 is 1.05 bits per heavy atom. The van der Waals surface area contributed by atoms with Crippen molar-refractivity contribution in [2.24, 2.45) is 0 Å². The second-order valence-electron chi connectivity index (χ2n) is 5.14. The van der Waals surface area contributed by atoms with E-state index in [-0.39, 0.29) is 0 Å². The lowest BCUT2D eigenvalue weighted by atomic mass is 10.3. The molecule has 0 aliphatic carbocycles. The molecule has 0 saturated heterocycles. The highest BCUT2D eigenvalue weighted by Crippen LogP contribution is 2.21. The van der Waals surface area contributed by atoms with Crippen molar-refractivity contribution in [2.45, 2.75) is 45.9 Å². The lowest BCUT2D eigenvalue weighted by Crippen LogP contribution is -2.34. The predicted octanol–water partition coefficient (Wildman–Crippen LogP) is 1.77. The number of hydrogen-bond donors (Lipinski definition) is 1. The molecule has 6 nitrogen and oxygen atoms in total. The predicted molar refractivity (Wildman–Crippen MR) is 84.9 cm³/mol. The average Bonchev–Trinajstić information content (AvgIpc) is 2.78. The van der Waals surface area contributed by atoms with Crippen LogP contribution in [0.25, 0.3) is 0 Å². The minimum absolute atomic E-state index is 0.326. The van der Waals surface area contributed by atoms with Gasteiger partial charge in [0.05, 0.1) is 11.4 Å². The highest BCUT2D eigenvalue weighted by atomic mass is 32.2. The summed E-state index contributed by atoms with van der Waals surface area (Å²) in [5.41, 5.74) is 1.14. The minimum Gasteiger partial charge on any atom is -0.304 e. The first-order chi connectivity index (χ1) is 9.88. The van der Waals surface area contributed by atoms with Crippen molar-refractivity contribution in [2.75, 3.05) is 32.7 Å². The largest absolute Gasteiger partial charge is 0.304 e. The molecule has 0 saturated carbocycles. The number of aromatic amines is 1. The number of hydrogen-bond acceptors (Lipinski definition) is 4. The van der Waals surface area contributed by atoms with Crippen molar-refractivity contribution in [1.29, 1.82) is 0 Å². The molecule has 0 amide bonds. The fourth-order valence-electron chi connectivity index (χ4n) is 2.51. The topological polar surface area (TPSA) is 69.3 Å². The molecule has 1 heterocycles. The highest BCUT2D eigenvalue weighted by Gasteiger charge is 2.28. The first-order valence-electron chi connectivity index (χ1n) is 7.62. The summed E-state index contributed by atoms with van der Waals surface area (Å²) < 4.78 is 27.0. The zero-order valence-electron chi connectivity index (χ0n) is 13.8. The van der Waals surface area contributed by atoms with E-state index < -0.39 is 10.0 Å². The van der Waals surface area contributed by atoms with Crippen LogP contribution in [-0.2, 0) is 10.0 Å². The second-order valence-corrected chi connectivity index (χ2v) is 7.02. The fraction of sp³-hybridized carbons (Fsp3) is 0.786. The van der Waals surface area contributed by atoms with E-state index in [1.54, 1.807) is 18.2 Å². The summed E-state index contributed by atoms with van der Waals surface area (Å²) in [5.74, 6) is 0. The van der Waals surface area contributed by atoms with Crippen LogP contribution in [0.5, 0.6) is 0 Å². The molecule has 122 valence electrons. The van der Waals surface area contributed by atoms with E-state index in [4.69, 9.17) is 0 Å². The quantitative estimate of drug-likeness (QED) is 0.754. The van der Waals surface area contributed by atoms with Crippen molar-refractivity contribution in [3.63, 3.8) is 0 Å². The van der Waals surface area contributed by atoms with Gasteiger partial charge in [0.25, 0.3) is 0 Å². The van der Waals surface area contributed by atoms with Crippen molar-refractivity contribution >= 4 is 10.0 Å². The first kappa shape index (κ1) is 18.1. The Balaban J connectivity index is 2.80. The van der Waals surface area contributed by atoms with Crippen molar-refractivity contribution < 1.29 is 8.42 Å². The molecule has 0 atom stereocenters. The van der Waals surface area contributed by atoms with Gasteiger partial charge in [0.1, 0.15) is 4.90 Å². The normalized spacial score (nSPS) is 12.5. The van der Waals surface area contributed by atoms with Crippen LogP contribution in [0.3, 0.4) is 0 Å². The highest BCUT2D eigenvalue weighted by molar-refractivity contribution is 7.89. The molecule has 1 N–H and O–H groups in total. The van der Waals surface area contributed by atoms with Gasteiger partial charge in [0.15, 0.2) is 0 Å². The molecule has 1 aromatic rings. The van der Waals surface area contributed by atoms with Crippen molar-refractivity contribution in [1.82, 2.24) is 19.4 Å². The second kappa shape index (κ2) is 7.91. The third-order valence-corrected chi connectivity index (χ3v) is 6.03. The SMILES string of the molecule is CCN(CC)CCCN(CC)S(=O)(=O)c1c(C)n[nH]c1C. The molecule has 0 radical (unpaired) electrons. The van der Waals surface area contributed by atoms with Gasteiger partial charge in [-0.1, -0.05) is 20.8 Å². The number of aryl methyl sites for hydroxylation is 2. The van der Waals surface area contributed by atoms with Crippen LogP contribution in [0.2, 0.25) is 0 Å². The fourth-order valence-corrected chi connectivity index (χ4v) is 4.33. The smallest absolute Gasteiger partial charge is 0.246 e. The summed E-state index contributed by atoms with van der Waals surface area (Å²) in [5, 5.41) is 6.75. The number of nitrogens with zero attached hydrogens (tertiary/aromatic N) is 3. The van der Waals surface area contributed by atoms with Gasteiger partial charge in [0, 0.05) is 13.1 Å². The Morgan fingerprint density at radius 3 is 2.10 bits per heavy atom. The maximum Gasteiger partial charge on any atom is 0.246 e. The maximum atomic E-state index is 12.7. The zero-order valence-corrected chi connectivity index (χ0v) is 14.6. The minimum atomic E-state index is -3.46. The molecule has 0 aromatic carbocycles. The van der Waals surface area contributed by atoms with Crippen LogP contribution in [0.15, 0.2) is 4.90 Å². The van der Waals surface area contributed by atoms with Crippen LogP contribution in [0, 0.1) is 13.8 Å². The summed E-state index contributed by atoms with van der Waals surface area (Å²) in [6.07, 6.45) is 0.838. The van der Waals surface area contributed by atoms with Crippen LogP contribution in [0.1, 0.15) is 38.6 Å². The number of nitrogens with one attached hydrogen (secondary N) is 1. The van der Waals surface area contributed by atoms with Gasteiger partial charge in [-0.05, 0) is 39.9 Å². The molecule has 0 aliphatic rings. The van der Waals surface area contributed by atoms with Gasteiger partial charge in [-0.15, -0.1) is 0 Å². The average molecular weight is 316 g/mol. The number of aromatic nitrogens is 2. The molecule has 1 rings (SSSR count). The Hall–Kier alpha value is -0.920. The van der Waals surface area contributed by atoms with E-state index in [1.807, 2.05) is 6.92 Å². The third-order valence-electron chi connectivity index (χ3n) is 3.79. The van der Waals surface area contributed by atoms with E-state index in [0.29, 0.717) is 29.4 Å². The Morgan fingerprint density at radius 2 is 1.67 bits per heavy atom. The molecule has 0 aliphatic heterocycles. The van der Waals surface area contributed by atoms with E-state index in [0.717, 1.165) is 26.1 Å². The van der Waals surface area contributed by atoms with E-state index in [1.165, 1.54) is 0 Å². The van der Waals surface area contributed by atoms with Gasteiger partial charge >= 0.3 is 0 Å². The van der Waals surface area contributed by atoms with Crippen LogP contribution >= 0.6 is 0 Å². The Bertz CT molecular complexity index is 516. The molecule has 0 spiro atoms. The van der Waals surface area contributed by atoms with Gasteiger partial charge in [0.2, 0.25) is 10.0 Å². The van der Waals surface area contributed by atoms with Crippen molar-refractivity contribution in [3.8, 4) is 0 Å². The van der Waals surface area contributed by atoms with Gasteiger partial charge < -0.3 is 4.90 Å². The number of rotatable bonds is 9. The van der Waals surface area contributed by atoms with Crippen molar-refractivity contribution in [3.05, 3.63) is 11.4 Å². The summed E-state index contributed by atoms with van der Waals surface area (Å²) in [4.78, 5) is 2.63. The maximum absolute atomic E-state index is 12.7. The van der Waals surface area contributed by atoms with Gasteiger partial charge in [-0.3, -0.25) is 5.10 Å². The standard InChI is InChI=1S/C14H28N4O2S/c1-6-17(7-2)10-9-11-18(8-3)21(19,20)14-12(4)15-16-13(14)5/h6-11H2,1-5H3,(H,15,16). The molecule has 21 heavy (non-hydrogen) atoms. The van der Waals surface area contributed by atoms with E-state index in [9.17, 15) is 8.42 Å². The first-order valence-corrected chi connectivity index (χ1v) is 9.06. The monoisotopic (exact) mass is 316 g/mol. The molecule has 1 aromatic heterocycles. The Kier molecular flexibility index (Phi) is 6.83. The van der Waals surface area contributed by atoms with Gasteiger partial charge in [-0.2, -0.15) is 9.40 Å². The molecular weight excluding hydrogens is 288 g/mol. The Labute approximate surface area is 128 Å². The van der Waals surface area contributed by atoms with Crippen LogP contribution < -0.4 is 0 Å². The zero-order chi connectivity index (χ0) is 16.0. The molecule has 0 unspecified atom stereocenters. The van der Waals surface area contributed by atoms with Crippen LogP contribution in [0.4, 0.5) is 0 Å². The molecule has 0 bridgehead atoms. The van der Waals surface area contributed by atoms with Crippen LogP contribution in [-0.4, -0.2) is 60.5 Å².